The van der Waals surface area contributed by atoms with Crippen molar-refractivity contribution in [3.63, 3.8) is 0 Å². The van der Waals surface area contributed by atoms with Crippen molar-refractivity contribution in [3.8, 4) is 0 Å². The van der Waals surface area contributed by atoms with Gasteiger partial charge in [0, 0.05) is 12.0 Å². The number of aliphatic hydroxyl groups excluding tert-OH is 1. The molecule has 0 fully saturated rings. The highest BCUT2D eigenvalue weighted by molar-refractivity contribution is 5.97. The normalized spacial score (nSPS) is 19.9. The highest BCUT2D eigenvalue weighted by Crippen LogP contribution is 2.41. The van der Waals surface area contributed by atoms with Gasteiger partial charge in [0.1, 0.15) is 17.7 Å². The molecule has 0 radical (unpaired) electrons. The number of nitrogens with two attached hydrogens (primary N) is 1. The third-order valence-electron chi connectivity index (χ3n) is 4.47. The molecule has 2 aromatic rings. The van der Waals surface area contributed by atoms with E-state index in [0.717, 1.165) is 23.2 Å². The summed E-state index contributed by atoms with van der Waals surface area (Å²) in [6.07, 6.45) is -0.659. The Kier molecular flexibility index (Phi) is 5.71. The van der Waals surface area contributed by atoms with Gasteiger partial charge in [0.25, 0.3) is 5.91 Å². The molecule has 1 aliphatic rings. The number of rotatable bonds is 6. The van der Waals surface area contributed by atoms with Crippen molar-refractivity contribution >= 4 is 11.8 Å². The van der Waals surface area contributed by atoms with Crippen molar-refractivity contribution in [2.75, 3.05) is 6.54 Å². The fourth-order valence-corrected chi connectivity index (χ4v) is 3.09. The number of benzene rings is 2. The largest absolute Gasteiger partial charge is 0.443 e. The standard InChI is InChI=1S/C20H21F2N3O3/c1-13(26)19(27)25-20(10-5-11-23,14-6-3-2-4-7-14)28-18(24-25)16-12-15(21)8-9-17(16)22/h2-4,6-9,12-13,26H,5,10-11,23H2,1H3/t13-,20?/m1/s1. The van der Waals surface area contributed by atoms with E-state index in [1.54, 1.807) is 30.3 Å². The lowest BCUT2D eigenvalue weighted by Crippen LogP contribution is -2.48. The van der Waals surface area contributed by atoms with Crippen molar-refractivity contribution in [1.29, 1.82) is 0 Å². The second-order valence-corrected chi connectivity index (χ2v) is 6.50. The zero-order valence-electron chi connectivity index (χ0n) is 15.3. The van der Waals surface area contributed by atoms with E-state index in [-0.39, 0.29) is 17.9 Å². The van der Waals surface area contributed by atoms with Gasteiger partial charge >= 0.3 is 0 Å². The first kappa shape index (κ1) is 19.9. The predicted octanol–water partition coefficient (Wildman–Crippen LogP) is 2.46. The molecule has 28 heavy (non-hydrogen) atoms. The average Bonchev–Trinajstić information content (AvgIpc) is 3.08. The maximum absolute atomic E-state index is 14.3. The molecule has 0 aliphatic carbocycles. The minimum Gasteiger partial charge on any atom is -0.443 e. The van der Waals surface area contributed by atoms with E-state index in [4.69, 9.17) is 10.5 Å². The Morgan fingerprint density at radius 3 is 2.64 bits per heavy atom. The van der Waals surface area contributed by atoms with E-state index in [2.05, 4.69) is 5.10 Å². The lowest BCUT2D eigenvalue weighted by molar-refractivity contribution is -0.160. The van der Waals surface area contributed by atoms with Gasteiger partial charge in [-0.25, -0.2) is 8.78 Å². The molecule has 3 N–H and O–H groups in total. The van der Waals surface area contributed by atoms with Gasteiger partial charge in [-0.15, -0.1) is 5.10 Å². The number of amides is 1. The first-order valence-electron chi connectivity index (χ1n) is 8.90. The summed E-state index contributed by atoms with van der Waals surface area (Å²) in [4.78, 5) is 12.7. The van der Waals surface area contributed by atoms with Crippen LogP contribution < -0.4 is 5.73 Å². The van der Waals surface area contributed by atoms with Crippen LogP contribution in [0.1, 0.15) is 30.9 Å². The van der Waals surface area contributed by atoms with E-state index in [1.165, 1.54) is 6.92 Å². The molecule has 1 heterocycles. The topological polar surface area (TPSA) is 88.1 Å². The van der Waals surface area contributed by atoms with Crippen molar-refractivity contribution in [2.45, 2.75) is 31.6 Å². The van der Waals surface area contributed by atoms with E-state index >= 15 is 0 Å². The van der Waals surface area contributed by atoms with Crippen molar-refractivity contribution in [1.82, 2.24) is 5.01 Å². The summed E-state index contributed by atoms with van der Waals surface area (Å²) in [5.74, 6) is -2.39. The first-order valence-corrected chi connectivity index (χ1v) is 8.90. The van der Waals surface area contributed by atoms with Gasteiger partial charge < -0.3 is 15.6 Å². The van der Waals surface area contributed by atoms with Gasteiger partial charge in [-0.3, -0.25) is 4.79 Å². The Morgan fingerprint density at radius 1 is 1.29 bits per heavy atom. The van der Waals surface area contributed by atoms with Gasteiger partial charge in [-0.05, 0) is 38.1 Å². The second-order valence-electron chi connectivity index (χ2n) is 6.50. The molecular weight excluding hydrogens is 368 g/mol. The third kappa shape index (κ3) is 3.61. The van der Waals surface area contributed by atoms with Crippen LogP contribution in [-0.4, -0.2) is 34.6 Å². The summed E-state index contributed by atoms with van der Waals surface area (Å²) in [6, 6.07) is 11.7. The molecule has 3 rings (SSSR count). The molecule has 8 heteroatoms. The number of carbonyl (C=O) groups is 1. The number of carbonyl (C=O) groups excluding carboxylic acids is 1. The molecule has 1 aliphatic heterocycles. The number of hydrogen-bond acceptors (Lipinski definition) is 5. The van der Waals surface area contributed by atoms with Crippen LogP contribution in [0.4, 0.5) is 8.78 Å². The van der Waals surface area contributed by atoms with Gasteiger partial charge in [0.05, 0.1) is 5.56 Å². The number of ether oxygens (including phenoxy) is 1. The quantitative estimate of drug-likeness (QED) is 0.794. The lowest BCUT2D eigenvalue weighted by Gasteiger charge is -2.35. The monoisotopic (exact) mass is 389 g/mol. The molecular formula is C20H21F2N3O3. The fraction of sp³-hybridized carbons (Fsp3) is 0.300. The summed E-state index contributed by atoms with van der Waals surface area (Å²) in [5, 5.41) is 15.0. The molecule has 0 spiro atoms. The smallest absolute Gasteiger partial charge is 0.275 e. The van der Waals surface area contributed by atoms with Crippen LogP contribution in [0.15, 0.2) is 53.6 Å². The van der Waals surface area contributed by atoms with Gasteiger partial charge in [0.2, 0.25) is 11.6 Å². The Hall–Kier alpha value is -2.84. The Labute approximate surface area is 161 Å². The van der Waals surface area contributed by atoms with Crippen LogP contribution in [0.3, 0.4) is 0 Å². The number of hydrogen-bond donors (Lipinski definition) is 2. The zero-order valence-corrected chi connectivity index (χ0v) is 15.3. The van der Waals surface area contributed by atoms with Crippen LogP contribution in [0.25, 0.3) is 0 Å². The molecule has 1 amide bonds. The van der Waals surface area contributed by atoms with E-state index in [0.29, 0.717) is 18.5 Å². The summed E-state index contributed by atoms with van der Waals surface area (Å²) in [5.41, 5.74) is 4.59. The van der Waals surface area contributed by atoms with E-state index in [9.17, 15) is 18.7 Å². The van der Waals surface area contributed by atoms with Crippen LogP contribution in [-0.2, 0) is 15.3 Å². The Morgan fingerprint density at radius 2 is 2.00 bits per heavy atom. The van der Waals surface area contributed by atoms with Crippen LogP contribution >= 0.6 is 0 Å². The molecule has 2 aromatic carbocycles. The molecule has 1 unspecified atom stereocenters. The number of nitrogens with zero attached hydrogens (tertiary/aromatic N) is 2. The highest BCUT2D eigenvalue weighted by atomic mass is 19.1. The van der Waals surface area contributed by atoms with Crippen LogP contribution in [0, 0.1) is 11.6 Å². The molecule has 148 valence electrons. The SMILES string of the molecule is C[C@@H](O)C(=O)N1N=C(c2cc(F)ccc2F)OC1(CCCN)c1ccccc1. The highest BCUT2D eigenvalue weighted by Gasteiger charge is 2.50. The van der Waals surface area contributed by atoms with Gasteiger partial charge in [0.15, 0.2) is 0 Å². The number of halogens is 2. The molecule has 2 atom stereocenters. The minimum atomic E-state index is -1.43. The Balaban J connectivity index is 2.15. The fourth-order valence-electron chi connectivity index (χ4n) is 3.09. The summed E-state index contributed by atoms with van der Waals surface area (Å²) < 4.78 is 34.0. The zero-order chi connectivity index (χ0) is 20.3. The summed E-state index contributed by atoms with van der Waals surface area (Å²) in [6.45, 7) is 1.62. The van der Waals surface area contributed by atoms with E-state index < -0.39 is 29.4 Å². The summed E-state index contributed by atoms with van der Waals surface area (Å²) in [7, 11) is 0. The van der Waals surface area contributed by atoms with Crippen molar-refractivity contribution in [2.24, 2.45) is 10.8 Å². The molecule has 6 nitrogen and oxygen atoms in total. The van der Waals surface area contributed by atoms with Crippen LogP contribution in [0.2, 0.25) is 0 Å². The van der Waals surface area contributed by atoms with Crippen molar-refractivity contribution < 1.29 is 23.4 Å². The van der Waals surface area contributed by atoms with E-state index in [1.807, 2.05) is 0 Å². The molecule has 0 bridgehead atoms. The first-order chi connectivity index (χ1) is 13.4. The van der Waals surface area contributed by atoms with Crippen LogP contribution in [0.5, 0.6) is 0 Å². The second kappa shape index (κ2) is 8.04. The molecule has 0 saturated heterocycles. The minimum absolute atomic E-state index is 0.214. The average molecular weight is 389 g/mol. The van der Waals surface area contributed by atoms with Gasteiger partial charge in [-0.1, -0.05) is 30.3 Å². The number of hydrazone groups is 1. The van der Waals surface area contributed by atoms with Gasteiger partial charge in [-0.2, -0.15) is 5.01 Å². The summed E-state index contributed by atoms with van der Waals surface area (Å²) >= 11 is 0. The maximum atomic E-state index is 14.3. The van der Waals surface area contributed by atoms with Crippen molar-refractivity contribution in [3.05, 3.63) is 71.3 Å². The maximum Gasteiger partial charge on any atom is 0.275 e. The predicted molar refractivity (Wildman–Crippen MR) is 98.9 cm³/mol. The Bertz CT molecular complexity index is 890. The lowest BCUT2D eigenvalue weighted by atomic mass is 9.96. The molecule has 0 aromatic heterocycles. The number of aliphatic hydroxyl groups is 1. The molecule has 0 saturated carbocycles. The third-order valence-corrected chi connectivity index (χ3v) is 4.47.